The maximum absolute atomic E-state index is 11.5. The molecular weight excluding hydrogens is 246 g/mol. The normalized spacial score (nSPS) is 25.3. The zero-order chi connectivity index (χ0) is 14.5. The Morgan fingerprint density at radius 2 is 1.89 bits per heavy atom. The summed E-state index contributed by atoms with van der Waals surface area (Å²) in [4.78, 5) is 11.5. The second-order valence-corrected chi connectivity index (χ2v) is 5.15. The molecule has 1 rings (SSSR count). The third kappa shape index (κ3) is 4.93. The van der Waals surface area contributed by atoms with Gasteiger partial charge in [-0.25, -0.2) is 4.79 Å². The minimum absolute atomic E-state index is 0.0185. The van der Waals surface area contributed by atoms with E-state index in [-0.39, 0.29) is 18.2 Å². The molecule has 0 aromatic heterocycles. The SMILES string of the molecule is C=C(CCC1OC(C)(C)OC1CCN)C(=O)OCC. The van der Waals surface area contributed by atoms with Crippen molar-refractivity contribution in [2.45, 2.75) is 58.0 Å². The Hall–Kier alpha value is -0.910. The minimum Gasteiger partial charge on any atom is -0.463 e. The van der Waals surface area contributed by atoms with Crippen LogP contribution in [-0.2, 0) is 19.0 Å². The molecule has 1 heterocycles. The lowest BCUT2D eigenvalue weighted by Gasteiger charge is -2.17. The first kappa shape index (κ1) is 16.1. The Labute approximate surface area is 115 Å². The quantitative estimate of drug-likeness (QED) is 0.564. The van der Waals surface area contributed by atoms with Crippen molar-refractivity contribution in [1.82, 2.24) is 0 Å². The molecule has 1 aliphatic rings. The van der Waals surface area contributed by atoms with E-state index in [9.17, 15) is 4.79 Å². The maximum atomic E-state index is 11.5. The summed E-state index contributed by atoms with van der Waals surface area (Å²) < 4.78 is 16.5. The summed E-state index contributed by atoms with van der Waals surface area (Å²) in [5.41, 5.74) is 6.05. The van der Waals surface area contributed by atoms with Crippen LogP contribution >= 0.6 is 0 Å². The number of carbonyl (C=O) groups excluding carboxylic acids is 1. The van der Waals surface area contributed by atoms with Crippen LogP contribution < -0.4 is 5.73 Å². The van der Waals surface area contributed by atoms with Crippen molar-refractivity contribution in [3.63, 3.8) is 0 Å². The number of esters is 1. The van der Waals surface area contributed by atoms with Crippen molar-refractivity contribution in [2.24, 2.45) is 5.73 Å². The zero-order valence-electron chi connectivity index (χ0n) is 12.1. The van der Waals surface area contributed by atoms with Crippen LogP contribution in [0.1, 0.15) is 40.0 Å². The fourth-order valence-electron chi connectivity index (χ4n) is 2.21. The molecule has 2 unspecified atom stereocenters. The molecule has 0 aromatic carbocycles. The highest BCUT2D eigenvalue weighted by Crippen LogP contribution is 2.32. The van der Waals surface area contributed by atoms with E-state index in [0.717, 1.165) is 6.42 Å². The fourth-order valence-corrected chi connectivity index (χ4v) is 2.21. The van der Waals surface area contributed by atoms with Crippen molar-refractivity contribution in [3.8, 4) is 0 Å². The summed E-state index contributed by atoms with van der Waals surface area (Å²) in [5, 5.41) is 0. The van der Waals surface area contributed by atoms with Gasteiger partial charge in [-0.1, -0.05) is 6.58 Å². The van der Waals surface area contributed by atoms with Gasteiger partial charge in [-0.2, -0.15) is 0 Å². The topological polar surface area (TPSA) is 70.8 Å². The van der Waals surface area contributed by atoms with E-state index in [1.165, 1.54) is 0 Å². The van der Waals surface area contributed by atoms with Crippen molar-refractivity contribution in [3.05, 3.63) is 12.2 Å². The first-order chi connectivity index (χ1) is 8.89. The van der Waals surface area contributed by atoms with E-state index in [1.807, 2.05) is 13.8 Å². The van der Waals surface area contributed by atoms with Crippen LogP contribution in [-0.4, -0.2) is 37.1 Å². The molecule has 1 saturated heterocycles. The Bertz CT molecular complexity index is 327. The molecule has 0 aromatic rings. The van der Waals surface area contributed by atoms with Gasteiger partial charge in [0.05, 0.1) is 18.8 Å². The molecule has 110 valence electrons. The van der Waals surface area contributed by atoms with E-state index in [0.29, 0.717) is 31.6 Å². The Kier molecular flexibility index (Phi) is 5.97. The fraction of sp³-hybridized carbons (Fsp3) is 0.786. The molecular formula is C14H25NO4. The number of nitrogens with two attached hydrogens (primary N) is 1. The van der Waals surface area contributed by atoms with Gasteiger partial charge < -0.3 is 19.9 Å². The summed E-state index contributed by atoms with van der Waals surface area (Å²) in [6.07, 6.45) is 1.91. The minimum atomic E-state index is -0.588. The second-order valence-electron chi connectivity index (χ2n) is 5.15. The molecule has 0 spiro atoms. The molecule has 5 nitrogen and oxygen atoms in total. The molecule has 0 amide bonds. The second kappa shape index (κ2) is 7.03. The van der Waals surface area contributed by atoms with Gasteiger partial charge in [0.1, 0.15) is 0 Å². The number of rotatable bonds is 7. The predicted octanol–water partition coefficient (Wildman–Crippen LogP) is 1.75. The number of carbonyl (C=O) groups is 1. The molecule has 5 heteroatoms. The largest absolute Gasteiger partial charge is 0.463 e. The Morgan fingerprint density at radius 1 is 1.32 bits per heavy atom. The van der Waals surface area contributed by atoms with E-state index < -0.39 is 5.79 Å². The lowest BCUT2D eigenvalue weighted by Crippen LogP contribution is -2.26. The van der Waals surface area contributed by atoms with Crippen LogP contribution in [0.2, 0.25) is 0 Å². The van der Waals surface area contributed by atoms with Crippen molar-refractivity contribution in [2.75, 3.05) is 13.2 Å². The molecule has 0 radical (unpaired) electrons. The van der Waals surface area contributed by atoms with Gasteiger partial charge in [0.2, 0.25) is 0 Å². The smallest absolute Gasteiger partial charge is 0.333 e. The third-order valence-corrected chi connectivity index (χ3v) is 3.03. The van der Waals surface area contributed by atoms with Gasteiger partial charge in [0, 0.05) is 5.57 Å². The molecule has 0 saturated carbocycles. The number of hydrogen-bond donors (Lipinski definition) is 1. The van der Waals surface area contributed by atoms with E-state index in [2.05, 4.69) is 6.58 Å². The molecule has 0 bridgehead atoms. The Balaban J connectivity index is 2.46. The zero-order valence-corrected chi connectivity index (χ0v) is 12.1. The molecule has 19 heavy (non-hydrogen) atoms. The summed E-state index contributed by atoms with van der Waals surface area (Å²) >= 11 is 0. The van der Waals surface area contributed by atoms with Gasteiger partial charge in [0.25, 0.3) is 0 Å². The highest BCUT2D eigenvalue weighted by Gasteiger charge is 2.40. The van der Waals surface area contributed by atoms with Gasteiger partial charge in [0.15, 0.2) is 5.79 Å². The number of ether oxygens (including phenoxy) is 3. The van der Waals surface area contributed by atoms with Gasteiger partial charge in [-0.3, -0.25) is 0 Å². The van der Waals surface area contributed by atoms with Gasteiger partial charge in [-0.05, 0) is 46.6 Å². The lowest BCUT2D eigenvalue weighted by atomic mass is 10.0. The average Bonchev–Trinajstić information content (AvgIpc) is 2.61. The molecule has 1 fully saturated rings. The molecule has 0 aliphatic carbocycles. The standard InChI is InChI=1S/C14H25NO4/c1-5-17-13(16)10(2)6-7-11-12(8-9-15)19-14(3,4)18-11/h11-12H,2,5-9,15H2,1,3-4H3. The van der Waals surface area contributed by atoms with Crippen LogP contribution in [0.5, 0.6) is 0 Å². The third-order valence-electron chi connectivity index (χ3n) is 3.03. The maximum Gasteiger partial charge on any atom is 0.333 e. The molecule has 2 N–H and O–H groups in total. The lowest BCUT2D eigenvalue weighted by molar-refractivity contribution is -0.147. The summed E-state index contributed by atoms with van der Waals surface area (Å²) in [6.45, 7) is 10.2. The number of hydrogen-bond acceptors (Lipinski definition) is 5. The van der Waals surface area contributed by atoms with Crippen LogP contribution in [0.3, 0.4) is 0 Å². The first-order valence-corrected chi connectivity index (χ1v) is 6.80. The van der Waals surface area contributed by atoms with Crippen LogP contribution in [0.25, 0.3) is 0 Å². The van der Waals surface area contributed by atoms with E-state index in [4.69, 9.17) is 19.9 Å². The average molecular weight is 271 g/mol. The summed E-state index contributed by atoms with van der Waals surface area (Å²) in [6, 6.07) is 0. The predicted molar refractivity (Wildman–Crippen MR) is 72.5 cm³/mol. The summed E-state index contributed by atoms with van der Waals surface area (Å²) in [7, 11) is 0. The van der Waals surface area contributed by atoms with Crippen LogP contribution in [0, 0.1) is 0 Å². The van der Waals surface area contributed by atoms with Gasteiger partial charge >= 0.3 is 5.97 Å². The summed E-state index contributed by atoms with van der Waals surface area (Å²) in [5.74, 6) is -0.925. The molecule has 1 aliphatic heterocycles. The Morgan fingerprint density at radius 3 is 2.42 bits per heavy atom. The van der Waals surface area contributed by atoms with Crippen LogP contribution in [0.15, 0.2) is 12.2 Å². The van der Waals surface area contributed by atoms with Crippen molar-refractivity contribution < 1.29 is 19.0 Å². The van der Waals surface area contributed by atoms with Crippen molar-refractivity contribution in [1.29, 1.82) is 0 Å². The highest BCUT2D eigenvalue weighted by molar-refractivity contribution is 5.87. The van der Waals surface area contributed by atoms with Crippen LogP contribution in [0.4, 0.5) is 0 Å². The monoisotopic (exact) mass is 271 g/mol. The van der Waals surface area contributed by atoms with Gasteiger partial charge in [-0.15, -0.1) is 0 Å². The van der Waals surface area contributed by atoms with E-state index >= 15 is 0 Å². The van der Waals surface area contributed by atoms with Crippen molar-refractivity contribution >= 4 is 5.97 Å². The first-order valence-electron chi connectivity index (χ1n) is 6.80. The molecule has 2 atom stereocenters. The van der Waals surface area contributed by atoms with E-state index in [1.54, 1.807) is 6.92 Å². The highest BCUT2D eigenvalue weighted by atomic mass is 16.7.